The SMILES string of the molecule is Cc1cc(CN(C)c2nc(NC3CC3)nc3c2CCNCC3)ccn1. The Labute approximate surface area is 149 Å². The van der Waals surface area contributed by atoms with Crippen molar-refractivity contribution >= 4 is 11.8 Å². The lowest BCUT2D eigenvalue weighted by Gasteiger charge is -2.23. The predicted octanol–water partition coefficient (Wildman–Crippen LogP) is 2.08. The Kier molecular flexibility index (Phi) is 4.53. The second-order valence-electron chi connectivity index (χ2n) is 7.13. The Hall–Kier alpha value is -2.21. The molecule has 1 saturated carbocycles. The zero-order chi connectivity index (χ0) is 17.2. The molecule has 6 nitrogen and oxygen atoms in total. The van der Waals surface area contributed by atoms with E-state index in [1.165, 1.54) is 29.7 Å². The van der Waals surface area contributed by atoms with Crippen LogP contribution in [0.3, 0.4) is 0 Å². The highest BCUT2D eigenvalue weighted by Crippen LogP contribution is 2.28. The number of nitrogens with zero attached hydrogens (tertiary/aromatic N) is 4. The zero-order valence-electron chi connectivity index (χ0n) is 15.0. The van der Waals surface area contributed by atoms with Gasteiger partial charge in [-0.25, -0.2) is 4.98 Å². The number of rotatable bonds is 5. The molecule has 3 heterocycles. The van der Waals surface area contributed by atoms with E-state index in [1.807, 2.05) is 13.1 Å². The van der Waals surface area contributed by atoms with Crippen LogP contribution in [0.5, 0.6) is 0 Å². The molecule has 0 bridgehead atoms. The van der Waals surface area contributed by atoms with Crippen LogP contribution in [0.4, 0.5) is 11.8 Å². The standard InChI is InChI=1S/C19H26N6/c1-13-11-14(5-10-21-13)12-25(2)18-16-6-8-20-9-7-17(16)23-19(24-18)22-15-3-4-15/h5,10-11,15,20H,3-4,6-9,12H2,1-2H3,(H,22,23,24). The van der Waals surface area contributed by atoms with Gasteiger partial charge in [0.1, 0.15) is 5.82 Å². The van der Waals surface area contributed by atoms with Gasteiger partial charge in [0.15, 0.2) is 0 Å². The lowest BCUT2D eigenvalue weighted by atomic mass is 10.1. The number of hydrogen-bond acceptors (Lipinski definition) is 6. The molecule has 0 spiro atoms. The van der Waals surface area contributed by atoms with Crippen molar-refractivity contribution < 1.29 is 0 Å². The summed E-state index contributed by atoms with van der Waals surface area (Å²) in [5, 5.41) is 6.95. The molecule has 0 amide bonds. The zero-order valence-corrected chi connectivity index (χ0v) is 15.0. The molecule has 1 aliphatic heterocycles. The molecular weight excluding hydrogens is 312 g/mol. The highest BCUT2D eigenvalue weighted by atomic mass is 15.2. The molecule has 25 heavy (non-hydrogen) atoms. The Bertz CT molecular complexity index is 756. The third kappa shape index (κ3) is 3.90. The molecular formula is C19H26N6. The Morgan fingerprint density at radius 3 is 2.88 bits per heavy atom. The van der Waals surface area contributed by atoms with Crippen LogP contribution in [0.1, 0.15) is 35.4 Å². The van der Waals surface area contributed by atoms with Crippen molar-refractivity contribution in [1.29, 1.82) is 0 Å². The largest absolute Gasteiger partial charge is 0.355 e. The van der Waals surface area contributed by atoms with Crippen LogP contribution in [0.15, 0.2) is 18.3 Å². The third-order valence-corrected chi connectivity index (χ3v) is 4.81. The maximum Gasteiger partial charge on any atom is 0.225 e. The van der Waals surface area contributed by atoms with Crippen molar-refractivity contribution in [2.24, 2.45) is 0 Å². The van der Waals surface area contributed by atoms with E-state index in [2.05, 4.69) is 39.7 Å². The highest BCUT2D eigenvalue weighted by Gasteiger charge is 2.24. The lowest BCUT2D eigenvalue weighted by molar-refractivity contribution is 0.708. The van der Waals surface area contributed by atoms with Gasteiger partial charge in [0.2, 0.25) is 5.95 Å². The number of anilines is 2. The molecule has 0 radical (unpaired) electrons. The predicted molar refractivity (Wildman–Crippen MR) is 100 cm³/mol. The summed E-state index contributed by atoms with van der Waals surface area (Å²) in [6.07, 6.45) is 6.27. The van der Waals surface area contributed by atoms with Crippen LogP contribution in [0.25, 0.3) is 0 Å². The summed E-state index contributed by atoms with van der Waals surface area (Å²) in [4.78, 5) is 16.2. The quantitative estimate of drug-likeness (QED) is 0.870. The Morgan fingerprint density at radius 1 is 1.24 bits per heavy atom. The minimum absolute atomic E-state index is 0.558. The summed E-state index contributed by atoms with van der Waals surface area (Å²) < 4.78 is 0. The molecule has 132 valence electrons. The van der Waals surface area contributed by atoms with Gasteiger partial charge >= 0.3 is 0 Å². The number of fused-ring (bicyclic) bond motifs is 1. The smallest absolute Gasteiger partial charge is 0.225 e. The van der Waals surface area contributed by atoms with Crippen molar-refractivity contribution in [2.75, 3.05) is 30.4 Å². The van der Waals surface area contributed by atoms with Gasteiger partial charge in [-0.15, -0.1) is 0 Å². The summed E-state index contributed by atoms with van der Waals surface area (Å²) >= 11 is 0. The maximum absolute atomic E-state index is 4.89. The summed E-state index contributed by atoms with van der Waals surface area (Å²) in [5.74, 6) is 1.85. The maximum atomic E-state index is 4.89. The second kappa shape index (κ2) is 6.96. The highest BCUT2D eigenvalue weighted by molar-refractivity contribution is 5.53. The Morgan fingerprint density at radius 2 is 2.08 bits per heavy atom. The molecule has 6 heteroatoms. The number of nitrogens with one attached hydrogen (secondary N) is 2. The molecule has 0 atom stereocenters. The first-order valence-electron chi connectivity index (χ1n) is 9.19. The van der Waals surface area contributed by atoms with Crippen molar-refractivity contribution in [3.63, 3.8) is 0 Å². The van der Waals surface area contributed by atoms with Gasteiger partial charge in [0.25, 0.3) is 0 Å². The first-order valence-corrected chi connectivity index (χ1v) is 9.19. The molecule has 0 unspecified atom stereocenters. The van der Waals surface area contributed by atoms with Gasteiger partial charge in [-0.05, 0) is 50.4 Å². The normalized spacial score (nSPS) is 16.9. The van der Waals surface area contributed by atoms with Crippen LogP contribution in [-0.4, -0.2) is 41.1 Å². The fourth-order valence-corrected chi connectivity index (χ4v) is 3.37. The number of aromatic nitrogens is 3. The molecule has 2 N–H and O–H groups in total. The van der Waals surface area contributed by atoms with Crippen molar-refractivity contribution in [3.05, 3.63) is 40.8 Å². The molecule has 2 aromatic rings. The van der Waals surface area contributed by atoms with Gasteiger partial charge in [0.05, 0.1) is 5.69 Å². The molecule has 1 fully saturated rings. The van der Waals surface area contributed by atoms with Crippen LogP contribution in [0, 0.1) is 6.92 Å². The molecule has 0 aromatic carbocycles. The van der Waals surface area contributed by atoms with Gasteiger partial charge in [-0.3, -0.25) is 4.98 Å². The lowest BCUT2D eigenvalue weighted by Crippen LogP contribution is -2.22. The second-order valence-corrected chi connectivity index (χ2v) is 7.13. The van der Waals surface area contributed by atoms with E-state index in [0.717, 1.165) is 49.9 Å². The average molecular weight is 338 g/mol. The first-order chi connectivity index (χ1) is 12.2. The molecule has 1 aliphatic carbocycles. The van der Waals surface area contributed by atoms with Gasteiger partial charge in [0, 0.05) is 50.1 Å². The minimum atomic E-state index is 0.558. The van der Waals surface area contributed by atoms with Gasteiger partial charge in [-0.2, -0.15) is 4.98 Å². The first kappa shape index (κ1) is 16.3. The minimum Gasteiger partial charge on any atom is -0.355 e. The summed E-state index contributed by atoms with van der Waals surface area (Å²) in [5.41, 5.74) is 4.79. The number of pyridine rings is 1. The third-order valence-electron chi connectivity index (χ3n) is 4.81. The van der Waals surface area contributed by atoms with E-state index in [4.69, 9.17) is 9.97 Å². The van der Waals surface area contributed by atoms with E-state index >= 15 is 0 Å². The van der Waals surface area contributed by atoms with E-state index < -0.39 is 0 Å². The summed E-state index contributed by atoms with van der Waals surface area (Å²) in [7, 11) is 2.12. The fraction of sp³-hybridized carbons (Fsp3) is 0.526. The average Bonchev–Trinajstić information content (AvgIpc) is 3.41. The summed E-state index contributed by atoms with van der Waals surface area (Å²) in [6, 6.07) is 4.78. The monoisotopic (exact) mass is 338 g/mol. The van der Waals surface area contributed by atoms with E-state index in [0.29, 0.717) is 6.04 Å². The molecule has 0 saturated heterocycles. The van der Waals surface area contributed by atoms with E-state index in [-0.39, 0.29) is 0 Å². The molecule has 2 aromatic heterocycles. The number of aryl methyl sites for hydroxylation is 1. The van der Waals surface area contributed by atoms with Crippen LogP contribution < -0.4 is 15.5 Å². The summed E-state index contributed by atoms with van der Waals surface area (Å²) in [6.45, 7) is 4.83. The van der Waals surface area contributed by atoms with E-state index in [1.54, 1.807) is 0 Å². The van der Waals surface area contributed by atoms with Crippen molar-refractivity contribution in [3.8, 4) is 0 Å². The molecule has 2 aliphatic rings. The number of hydrogen-bond donors (Lipinski definition) is 2. The van der Waals surface area contributed by atoms with Crippen LogP contribution in [-0.2, 0) is 19.4 Å². The van der Waals surface area contributed by atoms with Crippen molar-refractivity contribution in [1.82, 2.24) is 20.3 Å². The van der Waals surface area contributed by atoms with E-state index in [9.17, 15) is 0 Å². The fourth-order valence-electron chi connectivity index (χ4n) is 3.37. The van der Waals surface area contributed by atoms with Crippen molar-refractivity contribution in [2.45, 2.75) is 45.2 Å². The topological polar surface area (TPSA) is 66.0 Å². The Balaban J connectivity index is 1.65. The molecule has 4 rings (SSSR count). The van der Waals surface area contributed by atoms with Gasteiger partial charge < -0.3 is 15.5 Å². The van der Waals surface area contributed by atoms with Gasteiger partial charge in [-0.1, -0.05) is 0 Å². The van der Waals surface area contributed by atoms with Crippen LogP contribution in [0.2, 0.25) is 0 Å². The van der Waals surface area contributed by atoms with Crippen LogP contribution >= 0.6 is 0 Å².